The SMILES string of the molecule is CC1Cc2cc(S(=O)(=O)NCc3ccc4c(c3)CNC4)cc(Cl)c2O1. The van der Waals surface area contributed by atoms with Gasteiger partial charge in [0.1, 0.15) is 11.9 Å². The molecule has 0 fully saturated rings. The Labute approximate surface area is 152 Å². The molecule has 0 saturated heterocycles. The molecule has 5 nitrogen and oxygen atoms in total. The number of fused-ring (bicyclic) bond motifs is 2. The number of benzene rings is 2. The Morgan fingerprint density at radius 3 is 2.84 bits per heavy atom. The minimum atomic E-state index is -3.64. The monoisotopic (exact) mass is 378 g/mol. The zero-order valence-electron chi connectivity index (χ0n) is 13.8. The average Bonchev–Trinajstić information content (AvgIpc) is 3.18. The first-order chi connectivity index (χ1) is 11.9. The molecule has 2 aliphatic rings. The molecule has 2 heterocycles. The van der Waals surface area contributed by atoms with E-state index in [1.165, 1.54) is 17.2 Å². The summed E-state index contributed by atoms with van der Waals surface area (Å²) in [5.41, 5.74) is 4.27. The van der Waals surface area contributed by atoms with Crippen molar-refractivity contribution < 1.29 is 13.2 Å². The van der Waals surface area contributed by atoms with Gasteiger partial charge in [-0.05, 0) is 35.7 Å². The number of halogens is 1. The van der Waals surface area contributed by atoms with E-state index in [-0.39, 0.29) is 17.5 Å². The second kappa shape index (κ2) is 6.29. The van der Waals surface area contributed by atoms with Crippen LogP contribution in [0.5, 0.6) is 5.75 Å². The summed E-state index contributed by atoms with van der Waals surface area (Å²) in [5.74, 6) is 0.597. The van der Waals surface area contributed by atoms with Crippen LogP contribution in [-0.4, -0.2) is 14.5 Å². The molecule has 0 saturated carbocycles. The van der Waals surface area contributed by atoms with Crippen molar-refractivity contribution in [3.05, 3.63) is 57.6 Å². The van der Waals surface area contributed by atoms with Gasteiger partial charge in [0, 0.05) is 31.6 Å². The quantitative estimate of drug-likeness (QED) is 0.858. The van der Waals surface area contributed by atoms with Crippen LogP contribution >= 0.6 is 11.6 Å². The summed E-state index contributed by atoms with van der Waals surface area (Å²) in [6, 6.07) is 9.15. The van der Waals surface area contributed by atoms with Gasteiger partial charge in [0.2, 0.25) is 10.0 Å². The largest absolute Gasteiger partial charge is 0.489 e. The Kier molecular flexibility index (Phi) is 4.24. The molecule has 7 heteroatoms. The highest BCUT2D eigenvalue weighted by Gasteiger charge is 2.26. The van der Waals surface area contributed by atoms with Crippen LogP contribution in [0, 0.1) is 0 Å². The second-order valence-electron chi connectivity index (χ2n) is 6.56. The number of rotatable bonds is 4. The van der Waals surface area contributed by atoms with E-state index >= 15 is 0 Å². The topological polar surface area (TPSA) is 67.4 Å². The fraction of sp³-hybridized carbons (Fsp3) is 0.333. The summed E-state index contributed by atoms with van der Waals surface area (Å²) in [4.78, 5) is 0.178. The Morgan fingerprint density at radius 1 is 1.20 bits per heavy atom. The van der Waals surface area contributed by atoms with E-state index in [9.17, 15) is 8.42 Å². The van der Waals surface area contributed by atoms with Gasteiger partial charge < -0.3 is 10.1 Å². The summed E-state index contributed by atoms with van der Waals surface area (Å²) >= 11 is 6.20. The molecule has 2 aromatic carbocycles. The van der Waals surface area contributed by atoms with Gasteiger partial charge in [0.25, 0.3) is 0 Å². The second-order valence-corrected chi connectivity index (χ2v) is 8.73. The molecule has 132 valence electrons. The average molecular weight is 379 g/mol. The van der Waals surface area contributed by atoms with Crippen molar-refractivity contribution in [3.8, 4) is 5.75 Å². The lowest BCUT2D eigenvalue weighted by Gasteiger charge is -2.10. The smallest absolute Gasteiger partial charge is 0.240 e. The van der Waals surface area contributed by atoms with E-state index in [2.05, 4.69) is 10.0 Å². The number of hydrogen-bond acceptors (Lipinski definition) is 4. The van der Waals surface area contributed by atoms with Crippen molar-refractivity contribution in [2.75, 3.05) is 0 Å². The van der Waals surface area contributed by atoms with Gasteiger partial charge in [0.15, 0.2) is 0 Å². The third kappa shape index (κ3) is 3.27. The zero-order chi connectivity index (χ0) is 17.6. The van der Waals surface area contributed by atoms with Gasteiger partial charge in [0.05, 0.1) is 9.92 Å². The molecule has 0 bridgehead atoms. The van der Waals surface area contributed by atoms with E-state index in [0.717, 1.165) is 24.2 Å². The molecule has 0 amide bonds. The van der Waals surface area contributed by atoms with Crippen molar-refractivity contribution >= 4 is 21.6 Å². The van der Waals surface area contributed by atoms with Crippen molar-refractivity contribution in [2.24, 2.45) is 0 Å². The van der Waals surface area contributed by atoms with E-state index in [0.29, 0.717) is 17.2 Å². The Bertz CT molecular complexity index is 944. The Hall–Kier alpha value is -1.60. The summed E-state index contributed by atoms with van der Waals surface area (Å²) in [5, 5.41) is 3.62. The van der Waals surface area contributed by atoms with Crippen LogP contribution in [0.2, 0.25) is 5.02 Å². The highest BCUT2D eigenvalue weighted by Crippen LogP contribution is 2.38. The molecule has 0 radical (unpaired) electrons. The van der Waals surface area contributed by atoms with E-state index in [1.54, 1.807) is 6.07 Å². The summed E-state index contributed by atoms with van der Waals surface area (Å²) in [6.45, 7) is 3.88. The maximum absolute atomic E-state index is 12.6. The molecular weight excluding hydrogens is 360 g/mol. The van der Waals surface area contributed by atoms with E-state index in [4.69, 9.17) is 16.3 Å². The van der Waals surface area contributed by atoms with Gasteiger partial charge >= 0.3 is 0 Å². The van der Waals surface area contributed by atoms with Crippen LogP contribution in [0.3, 0.4) is 0 Å². The van der Waals surface area contributed by atoms with Crippen LogP contribution in [0.4, 0.5) is 0 Å². The van der Waals surface area contributed by atoms with Gasteiger partial charge in [-0.2, -0.15) is 0 Å². The minimum absolute atomic E-state index is 0.0124. The van der Waals surface area contributed by atoms with Crippen LogP contribution in [0.25, 0.3) is 0 Å². The zero-order valence-corrected chi connectivity index (χ0v) is 15.4. The van der Waals surface area contributed by atoms with Gasteiger partial charge in [-0.1, -0.05) is 29.8 Å². The molecule has 0 spiro atoms. The molecule has 2 aliphatic heterocycles. The number of ether oxygens (including phenoxy) is 1. The highest BCUT2D eigenvalue weighted by molar-refractivity contribution is 7.89. The molecule has 2 N–H and O–H groups in total. The fourth-order valence-electron chi connectivity index (χ4n) is 3.33. The van der Waals surface area contributed by atoms with Crippen molar-refractivity contribution in [1.29, 1.82) is 0 Å². The standard InChI is InChI=1S/C18H19ClN2O3S/c1-11-4-14-6-16(7-17(19)18(14)24-11)25(22,23)21-8-12-2-3-13-9-20-10-15(13)5-12/h2-3,5-7,11,20-21H,4,8-10H2,1H3. The fourth-order valence-corrected chi connectivity index (χ4v) is 4.78. The first-order valence-corrected chi connectivity index (χ1v) is 10.1. The van der Waals surface area contributed by atoms with Crippen LogP contribution < -0.4 is 14.8 Å². The van der Waals surface area contributed by atoms with Gasteiger partial charge in [-0.15, -0.1) is 0 Å². The van der Waals surface area contributed by atoms with Crippen molar-refractivity contribution in [1.82, 2.24) is 10.0 Å². The number of sulfonamides is 1. The Balaban J connectivity index is 1.54. The van der Waals surface area contributed by atoms with Crippen molar-refractivity contribution in [2.45, 2.75) is 44.0 Å². The lowest BCUT2D eigenvalue weighted by Crippen LogP contribution is -2.23. The van der Waals surface area contributed by atoms with Crippen LogP contribution in [0.1, 0.15) is 29.2 Å². The molecule has 1 atom stereocenters. The summed E-state index contributed by atoms with van der Waals surface area (Å²) in [6.07, 6.45) is 0.675. The van der Waals surface area contributed by atoms with E-state index in [1.807, 2.05) is 25.1 Å². The number of hydrogen-bond donors (Lipinski definition) is 2. The van der Waals surface area contributed by atoms with Gasteiger partial charge in [-0.3, -0.25) is 0 Å². The van der Waals surface area contributed by atoms with Gasteiger partial charge in [-0.25, -0.2) is 13.1 Å². The first kappa shape index (κ1) is 16.8. The normalized spacial score (nSPS) is 18.7. The Morgan fingerprint density at radius 2 is 2.00 bits per heavy atom. The molecule has 4 rings (SSSR count). The van der Waals surface area contributed by atoms with Crippen molar-refractivity contribution in [3.63, 3.8) is 0 Å². The third-order valence-corrected chi connectivity index (χ3v) is 6.26. The third-order valence-electron chi connectivity index (χ3n) is 4.60. The lowest BCUT2D eigenvalue weighted by atomic mass is 10.1. The molecule has 0 aliphatic carbocycles. The minimum Gasteiger partial charge on any atom is -0.489 e. The predicted molar refractivity (Wildman–Crippen MR) is 96.3 cm³/mol. The first-order valence-electron chi connectivity index (χ1n) is 8.22. The molecule has 2 aromatic rings. The molecule has 25 heavy (non-hydrogen) atoms. The highest BCUT2D eigenvalue weighted by atomic mass is 35.5. The molecule has 1 unspecified atom stereocenters. The molecule has 0 aromatic heterocycles. The van der Waals surface area contributed by atoms with Crippen LogP contribution in [-0.2, 0) is 36.1 Å². The summed E-state index contributed by atoms with van der Waals surface area (Å²) in [7, 11) is -3.64. The maximum Gasteiger partial charge on any atom is 0.240 e. The molecular formula is C18H19ClN2O3S. The summed E-state index contributed by atoms with van der Waals surface area (Å²) < 4.78 is 33.6. The maximum atomic E-state index is 12.6. The lowest BCUT2D eigenvalue weighted by molar-refractivity contribution is 0.255. The van der Waals surface area contributed by atoms with Crippen LogP contribution in [0.15, 0.2) is 35.2 Å². The number of nitrogens with one attached hydrogen (secondary N) is 2. The predicted octanol–water partition coefficient (Wildman–Crippen LogP) is 2.75. The van der Waals surface area contributed by atoms with E-state index < -0.39 is 10.0 Å².